The lowest BCUT2D eigenvalue weighted by Gasteiger charge is -2.10. The van der Waals surface area contributed by atoms with Gasteiger partial charge >= 0.3 is 0 Å². The number of hydrogen-bond acceptors (Lipinski definition) is 3. The quantitative estimate of drug-likeness (QED) is 0.639. The van der Waals surface area contributed by atoms with Crippen LogP contribution in [-0.2, 0) is 0 Å². The van der Waals surface area contributed by atoms with Crippen LogP contribution in [0.3, 0.4) is 0 Å². The van der Waals surface area contributed by atoms with Crippen molar-refractivity contribution in [3.8, 4) is 0 Å². The number of thioether (sulfide) groups is 1. The molecule has 0 bridgehead atoms. The molecule has 0 aliphatic rings. The number of nitrogens with one attached hydrogen (secondary N) is 1. The lowest BCUT2D eigenvalue weighted by molar-refractivity contribution is 0.628. The Morgan fingerprint density at radius 1 is 1.18 bits per heavy atom. The van der Waals surface area contributed by atoms with Crippen LogP contribution in [0.1, 0.15) is 0 Å². The second kappa shape index (κ2) is 5.10. The van der Waals surface area contributed by atoms with Gasteiger partial charge in [-0.3, -0.25) is 0 Å². The largest absolute Gasteiger partial charge is 0.397 e. The molecule has 2 aromatic rings. The fourth-order valence-electron chi connectivity index (χ4n) is 1.49. The van der Waals surface area contributed by atoms with Gasteiger partial charge in [0, 0.05) is 10.6 Å². The molecule has 3 N–H and O–H groups in total. The molecule has 0 aliphatic heterocycles. The topological polar surface area (TPSA) is 38.0 Å². The molecule has 2 nitrogen and oxygen atoms in total. The first-order valence-corrected chi connectivity index (χ1v) is 6.37. The van der Waals surface area contributed by atoms with Crippen LogP contribution in [0.4, 0.5) is 21.5 Å². The Bertz CT molecular complexity index is 529. The Labute approximate surface area is 104 Å². The molecular formula is C13H13FN2S. The molecule has 4 heteroatoms. The van der Waals surface area contributed by atoms with E-state index < -0.39 is 0 Å². The SMILES string of the molecule is CSc1cccc(Nc2cc(F)ccc2N)c1. The Kier molecular flexibility index (Phi) is 3.54. The fourth-order valence-corrected chi connectivity index (χ4v) is 1.95. The van der Waals surface area contributed by atoms with E-state index in [0.29, 0.717) is 11.4 Å². The minimum Gasteiger partial charge on any atom is -0.397 e. The maximum atomic E-state index is 13.1. The lowest BCUT2D eigenvalue weighted by atomic mass is 10.2. The third-order valence-corrected chi connectivity index (χ3v) is 3.09. The van der Waals surface area contributed by atoms with Gasteiger partial charge in [-0.15, -0.1) is 11.8 Å². The molecule has 0 fully saturated rings. The molecule has 0 aromatic heterocycles. The number of benzene rings is 2. The van der Waals surface area contributed by atoms with Crippen molar-refractivity contribution < 1.29 is 4.39 Å². The zero-order valence-corrected chi connectivity index (χ0v) is 10.2. The average Bonchev–Trinajstić information content (AvgIpc) is 2.34. The van der Waals surface area contributed by atoms with Crippen molar-refractivity contribution in [2.45, 2.75) is 4.90 Å². The summed E-state index contributed by atoms with van der Waals surface area (Å²) in [7, 11) is 0. The van der Waals surface area contributed by atoms with Gasteiger partial charge in [-0.2, -0.15) is 0 Å². The highest BCUT2D eigenvalue weighted by molar-refractivity contribution is 7.98. The number of anilines is 3. The van der Waals surface area contributed by atoms with Crippen LogP contribution in [0.25, 0.3) is 0 Å². The van der Waals surface area contributed by atoms with Gasteiger partial charge in [0.25, 0.3) is 0 Å². The molecule has 0 radical (unpaired) electrons. The number of hydrogen-bond donors (Lipinski definition) is 2. The fraction of sp³-hybridized carbons (Fsp3) is 0.0769. The summed E-state index contributed by atoms with van der Waals surface area (Å²) in [5, 5.41) is 3.11. The predicted octanol–water partition coefficient (Wildman–Crippen LogP) is 3.87. The summed E-state index contributed by atoms with van der Waals surface area (Å²) in [5.41, 5.74) is 7.79. The first kappa shape index (κ1) is 11.8. The maximum absolute atomic E-state index is 13.1. The summed E-state index contributed by atoms with van der Waals surface area (Å²) >= 11 is 1.66. The molecule has 0 spiro atoms. The van der Waals surface area contributed by atoms with E-state index in [1.54, 1.807) is 17.8 Å². The van der Waals surface area contributed by atoms with E-state index in [4.69, 9.17) is 5.73 Å². The summed E-state index contributed by atoms with van der Waals surface area (Å²) in [6.07, 6.45) is 2.01. The zero-order valence-electron chi connectivity index (χ0n) is 9.41. The number of halogens is 1. The van der Waals surface area contributed by atoms with Gasteiger partial charge in [0.1, 0.15) is 5.82 Å². The van der Waals surface area contributed by atoms with Gasteiger partial charge < -0.3 is 11.1 Å². The Morgan fingerprint density at radius 3 is 2.76 bits per heavy atom. The number of nitrogen functional groups attached to an aromatic ring is 1. The third kappa shape index (κ3) is 2.91. The number of rotatable bonds is 3. The van der Waals surface area contributed by atoms with E-state index in [1.807, 2.05) is 30.5 Å². The standard InChI is InChI=1S/C13H13FN2S/c1-17-11-4-2-3-10(8-11)16-13-7-9(14)5-6-12(13)15/h2-8,16H,15H2,1H3. The minimum atomic E-state index is -0.303. The van der Waals surface area contributed by atoms with E-state index in [2.05, 4.69) is 5.32 Å². The lowest BCUT2D eigenvalue weighted by Crippen LogP contribution is -1.96. The molecule has 0 saturated carbocycles. The van der Waals surface area contributed by atoms with Gasteiger partial charge in [0.15, 0.2) is 0 Å². The number of nitrogens with two attached hydrogens (primary N) is 1. The van der Waals surface area contributed by atoms with E-state index in [-0.39, 0.29) is 5.82 Å². The second-order valence-corrected chi connectivity index (χ2v) is 4.47. The van der Waals surface area contributed by atoms with Crippen molar-refractivity contribution in [1.82, 2.24) is 0 Å². The van der Waals surface area contributed by atoms with Gasteiger partial charge in [-0.25, -0.2) is 4.39 Å². The Morgan fingerprint density at radius 2 is 2.00 bits per heavy atom. The van der Waals surface area contributed by atoms with Crippen LogP contribution < -0.4 is 11.1 Å². The van der Waals surface area contributed by atoms with Crippen molar-refractivity contribution in [1.29, 1.82) is 0 Å². The second-order valence-electron chi connectivity index (χ2n) is 3.59. The predicted molar refractivity (Wildman–Crippen MR) is 72.3 cm³/mol. The van der Waals surface area contributed by atoms with E-state index >= 15 is 0 Å². The highest BCUT2D eigenvalue weighted by Crippen LogP contribution is 2.26. The molecule has 0 heterocycles. The van der Waals surface area contributed by atoms with Gasteiger partial charge in [-0.1, -0.05) is 6.07 Å². The summed E-state index contributed by atoms with van der Waals surface area (Å²) in [5.74, 6) is -0.303. The van der Waals surface area contributed by atoms with E-state index in [1.165, 1.54) is 12.1 Å². The van der Waals surface area contributed by atoms with E-state index in [9.17, 15) is 4.39 Å². The van der Waals surface area contributed by atoms with Crippen molar-refractivity contribution in [3.05, 3.63) is 48.3 Å². The molecule has 0 aliphatic carbocycles. The van der Waals surface area contributed by atoms with Crippen molar-refractivity contribution >= 4 is 28.8 Å². The van der Waals surface area contributed by atoms with Crippen molar-refractivity contribution in [2.75, 3.05) is 17.3 Å². The van der Waals surface area contributed by atoms with E-state index in [0.717, 1.165) is 10.6 Å². The first-order chi connectivity index (χ1) is 8.19. The van der Waals surface area contributed by atoms with Crippen molar-refractivity contribution in [3.63, 3.8) is 0 Å². The van der Waals surface area contributed by atoms with Crippen LogP contribution in [0.2, 0.25) is 0 Å². The highest BCUT2D eigenvalue weighted by Gasteiger charge is 2.02. The molecule has 2 aromatic carbocycles. The third-order valence-electron chi connectivity index (χ3n) is 2.36. The Balaban J connectivity index is 2.27. The monoisotopic (exact) mass is 248 g/mol. The maximum Gasteiger partial charge on any atom is 0.125 e. The summed E-state index contributed by atoms with van der Waals surface area (Å²) < 4.78 is 13.1. The van der Waals surface area contributed by atoms with Gasteiger partial charge in [0.05, 0.1) is 11.4 Å². The minimum absolute atomic E-state index is 0.303. The molecule has 0 amide bonds. The van der Waals surface area contributed by atoms with Gasteiger partial charge in [-0.05, 0) is 42.7 Å². The van der Waals surface area contributed by atoms with Crippen molar-refractivity contribution in [2.24, 2.45) is 0 Å². The average molecular weight is 248 g/mol. The molecule has 2 rings (SSSR count). The van der Waals surface area contributed by atoms with Crippen LogP contribution in [0, 0.1) is 5.82 Å². The molecular weight excluding hydrogens is 235 g/mol. The highest BCUT2D eigenvalue weighted by atomic mass is 32.2. The smallest absolute Gasteiger partial charge is 0.125 e. The van der Waals surface area contributed by atoms with Crippen LogP contribution in [0.5, 0.6) is 0 Å². The van der Waals surface area contributed by atoms with Crippen LogP contribution in [-0.4, -0.2) is 6.26 Å². The van der Waals surface area contributed by atoms with Crippen LogP contribution in [0.15, 0.2) is 47.4 Å². The molecule has 88 valence electrons. The molecule has 17 heavy (non-hydrogen) atoms. The van der Waals surface area contributed by atoms with Crippen LogP contribution >= 0.6 is 11.8 Å². The molecule has 0 saturated heterocycles. The zero-order chi connectivity index (χ0) is 12.3. The summed E-state index contributed by atoms with van der Waals surface area (Å²) in [4.78, 5) is 1.14. The molecule has 0 unspecified atom stereocenters. The first-order valence-electron chi connectivity index (χ1n) is 5.15. The molecule has 0 atom stereocenters. The van der Waals surface area contributed by atoms with Gasteiger partial charge in [0.2, 0.25) is 0 Å². The summed E-state index contributed by atoms with van der Waals surface area (Å²) in [6.45, 7) is 0. The normalized spacial score (nSPS) is 10.2. The summed E-state index contributed by atoms with van der Waals surface area (Å²) in [6, 6.07) is 12.2. The Hall–Kier alpha value is -1.68.